The fraction of sp³-hybridized carbons (Fsp3) is 0.133. The van der Waals surface area contributed by atoms with E-state index in [0.717, 1.165) is 0 Å². The first-order chi connectivity index (χ1) is 10.1. The zero-order valence-corrected chi connectivity index (χ0v) is 11.3. The summed E-state index contributed by atoms with van der Waals surface area (Å²) >= 11 is 0. The third kappa shape index (κ3) is 3.85. The number of hydrogen-bond acceptors (Lipinski definition) is 4. The number of carbonyl (C=O) groups excluding carboxylic acids is 2. The Balaban J connectivity index is 2.01. The number of nitrogens with one attached hydrogen (secondary N) is 1. The van der Waals surface area contributed by atoms with Crippen LogP contribution in [-0.4, -0.2) is 24.0 Å². The third-order valence-corrected chi connectivity index (χ3v) is 2.77. The van der Waals surface area contributed by atoms with Gasteiger partial charge >= 0.3 is 5.97 Å². The van der Waals surface area contributed by atoms with E-state index in [1.807, 2.05) is 0 Å². The number of ether oxygens (including phenoxy) is 1. The molecule has 0 fully saturated rings. The molecular formula is C15H13FN2O3. The lowest BCUT2D eigenvalue weighted by Gasteiger charge is -2.06. The Morgan fingerprint density at radius 3 is 2.57 bits per heavy atom. The maximum atomic E-state index is 12.8. The summed E-state index contributed by atoms with van der Waals surface area (Å²) in [6, 6.07) is 8.27. The Morgan fingerprint density at radius 2 is 1.90 bits per heavy atom. The van der Waals surface area contributed by atoms with E-state index in [-0.39, 0.29) is 12.5 Å². The first kappa shape index (κ1) is 14.6. The summed E-state index contributed by atoms with van der Waals surface area (Å²) < 4.78 is 17.4. The topological polar surface area (TPSA) is 68.3 Å². The molecule has 1 N–H and O–H groups in total. The van der Waals surface area contributed by atoms with Gasteiger partial charge in [-0.05, 0) is 36.4 Å². The Kier molecular flexibility index (Phi) is 4.61. The number of aromatic nitrogens is 1. The first-order valence-electron chi connectivity index (χ1n) is 6.17. The van der Waals surface area contributed by atoms with Gasteiger partial charge in [-0.3, -0.25) is 9.78 Å². The number of rotatable bonds is 4. The lowest BCUT2D eigenvalue weighted by Crippen LogP contribution is -2.23. The van der Waals surface area contributed by atoms with Crippen molar-refractivity contribution in [3.63, 3.8) is 0 Å². The van der Waals surface area contributed by atoms with Crippen LogP contribution >= 0.6 is 0 Å². The van der Waals surface area contributed by atoms with Gasteiger partial charge in [-0.25, -0.2) is 9.18 Å². The van der Waals surface area contributed by atoms with Gasteiger partial charge in [-0.1, -0.05) is 0 Å². The minimum atomic E-state index is -0.469. The second-order valence-electron chi connectivity index (χ2n) is 4.22. The van der Waals surface area contributed by atoms with Crippen LogP contribution in [0.1, 0.15) is 26.4 Å². The summed E-state index contributed by atoms with van der Waals surface area (Å²) in [6.07, 6.45) is 1.46. The second kappa shape index (κ2) is 6.60. The van der Waals surface area contributed by atoms with Gasteiger partial charge in [0, 0.05) is 11.8 Å². The summed E-state index contributed by atoms with van der Waals surface area (Å²) in [5.41, 5.74) is 1.23. The van der Waals surface area contributed by atoms with Crippen molar-refractivity contribution < 1.29 is 18.7 Å². The summed E-state index contributed by atoms with van der Waals surface area (Å²) in [5.74, 6) is -1.22. The number of nitrogens with zero attached hydrogens (tertiary/aromatic N) is 1. The number of benzene rings is 1. The molecule has 0 saturated heterocycles. The highest BCUT2D eigenvalue weighted by molar-refractivity contribution is 5.94. The molecule has 1 heterocycles. The normalized spacial score (nSPS) is 10.0. The molecule has 6 heteroatoms. The van der Waals surface area contributed by atoms with Crippen molar-refractivity contribution in [1.29, 1.82) is 0 Å². The van der Waals surface area contributed by atoms with Crippen LogP contribution in [0.4, 0.5) is 4.39 Å². The van der Waals surface area contributed by atoms with Crippen molar-refractivity contribution in [2.75, 3.05) is 7.11 Å². The van der Waals surface area contributed by atoms with E-state index in [4.69, 9.17) is 0 Å². The molecule has 1 aromatic carbocycles. The van der Waals surface area contributed by atoms with Crippen LogP contribution in [-0.2, 0) is 11.3 Å². The van der Waals surface area contributed by atoms with E-state index in [1.54, 1.807) is 0 Å². The molecule has 1 amide bonds. The quantitative estimate of drug-likeness (QED) is 0.873. The monoisotopic (exact) mass is 288 g/mol. The van der Waals surface area contributed by atoms with Gasteiger partial charge < -0.3 is 10.1 Å². The van der Waals surface area contributed by atoms with Crippen molar-refractivity contribution in [1.82, 2.24) is 10.3 Å². The minimum Gasteiger partial charge on any atom is -0.465 e. The standard InChI is InChI=1S/C15H13FN2O3/c1-21-15(20)11-6-7-17-13(8-11)9-18-14(19)10-2-4-12(16)5-3-10/h2-8H,9H2,1H3,(H,18,19). The summed E-state index contributed by atoms with van der Waals surface area (Å²) in [4.78, 5) is 27.3. The van der Waals surface area contributed by atoms with Gasteiger partial charge in [0.25, 0.3) is 5.91 Å². The van der Waals surface area contributed by atoms with Gasteiger partial charge in [-0.15, -0.1) is 0 Å². The maximum Gasteiger partial charge on any atom is 0.337 e. The number of methoxy groups -OCH3 is 1. The van der Waals surface area contributed by atoms with E-state index >= 15 is 0 Å². The minimum absolute atomic E-state index is 0.154. The highest BCUT2D eigenvalue weighted by Gasteiger charge is 2.08. The van der Waals surface area contributed by atoms with E-state index in [9.17, 15) is 14.0 Å². The lowest BCUT2D eigenvalue weighted by molar-refractivity contribution is 0.0600. The molecule has 0 atom stereocenters. The van der Waals surface area contributed by atoms with Gasteiger partial charge in [0.1, 0.15) is 5.82 Å². The van der Waals surface area contributed by atoms with Crippen molar-refractivity contribution in [2.45, 2.75) is 6.54 Å². The molecular weight excluding hydrogens is 275 g/mol. The van der Waals surface area contributed by atoms with E-state index in [2.05, 4.69) is 15.0 Å². The predicted octanol–water partition coefficient (Wildman–Crippen LogP) is 1.94. The summed E-state index contributed by atoms with van der Waals surface area (Å²) in [7, 11) is 1.29. The fourth-order valence-electron chi connectivity index (χ4n) is 1.69. The Bertz CT molecular complexity index is 656. The summed E-state index contributed by atoms with van der Waals surface area (Å²) in [6.45, 7) is 0.154. The van der Waals surface area contributed by atoms with Crippen molar-refractivity contribution in [3.8, 4) is 0 Å². The highest BCUT2D eigenvalue weighted by atomic mass is 19.1. The van der Waals surface area contributed by atoms with Crippen molar-refractivity contribution in [2.24, 2.45) is 0 Å². The Hall–Kier alpha value is -2.76. The molecule has 21 heavy (non-hydrogen) atoms. The zero-order chi connectivity index (χ0) is 15.2. The maximum absolute atomic E-state index is 12.8. The molecule has 0 unspecified atom stereocenters. The van der Waals surface area contributed by atoms with Crippen LogP contribution in [0.2, 0.25) is 0 Å². The molecule has 0 radical (unpaired) electrons. The zero-order valence-electron chi connectivity index (χ0n) is 11.3. The third-order valence-electron chi connectivity index (χ3n) is 2.77. The van der Waals surface area contributed by atoms with Crippen LogP contribution in [0.3, 0.4) is 0 Å². The smallest absolute Gasteiger partial charge is 0.337 e. The molecule has 0 spiro atoms. The Labute approximate surface area is 120 Å². The van der Waals surface area contributed by atoms with Crippen LogP contribution in [0.15, 0.2) is 42.6 Å². The number of esters is 1. The van der Waals surface area contributed by atoms with Crippen molar-refractivity contribution in [3.05, 3.63) is 65.2 Å². The van der Waals surface area contributed by atoms with Gasteiger partial charge in [0.05, 0.1) is 24.9 Å². The molecule has 5 nitrogen and oxygen atoms in total. The van der Waals surface area contributed by atoms with Gasteiger partial charge in [0.2, 0.25) is 0 Å². The number of pyridine rings is 1. The molecule has 0 aliphatic rings. The molecule has 0 aliphatic heterocycles. The van der Waals surface area contributed by atoms with Gasteiger partial charge in [0.15, 0.2) is 0 Å². The molecule has 0 saturated carbocycles. The van der Waals surface area contributed by atoms with Crippen LogP contribution in [0.25, 0.3) is 0 Å². The number of hydrogen-bond donors (Lipinski definition) is 1. The SMILES string of the molecule is COC(=O)c1ccnc(CNC(=O)c2ccc(F)cc2)c1. The number of halogens is 1. The first-order valence-corrected chi connectivity index (χ1v) is 6.17. The molecule has 2 aromatic rings. The average molecular weight is 288 g/mol. The van der Waals surface area contributed by atoms with Crippen LogP contribution < -0.4 is 5.32 Å². The van der Waals surface area contributed by atoms with Gasteiger partial charge in [-0.2, -0.15) is 0 Å². The fourth-order valence-corrected chi connectivity index (χ4v) is 1.69. The molecule has 0 bridgehead atoms. The van der Waals surface area contributed by atoms with E-state index in [0.29, 0.717) is 16.8 Å². The second-order valence-corrected chi connectivity index (χ2v) is 4.22. The summed E-state index contributed by atoms with van der Waals surface area (Å²) in [5, 5.41) is 2.64. The predicted molar refractivity (Wildman–Crippen MR) is 73.1 cm³/mol. The molecule has 1 aromatic heterocycles. The lowest BCUT2D eigenvalue weighted by atomic mass is 10.2. The van der Waals surface area contributed by atoms with Crippen LogP contribution in [0.5, 0.6) is 0 Å². The van der Waals surface area contributed by atoms with E-state index < -0.39 is 11.8 Å². The van der Waals surface area contributed by atoms with Crippen molar-refractivity contribution >= 4 is 11.9 Å². The van der Waals surface area contributed by atoms with Crippen LogP contribution in [0, 0.1) is 5.82 Å². The highest BCUT2D eigenvalue weighted by Crippen LogP contribution is 2.05. The largest absolute Gasteiger partial charge is 0.465 e. The Morgan fingerprint density at radius 1 is 1.19 bits per heavy atom. The molecule has 2 rings (SSSR count). The van der Waals surface area contributed by atoms with E-state index in [1.165, 1.54) is 49.7 Å². The average Bonchev–Trinajstić information content (AvgIpc) is 2.52. The number of amides is 1. The molecule has 108 valence electrons. The molecule has 0 aliphatic carbocycles. The number of carbonyl (C=O) groups is 2.